The molecule has 6 nitrogen and oxygen atoms in total. The number of methoxy groups -OCH3 is 2. The van der Waals surface area contributed by atoms with Crippen molar-refractivity contribution >= 4 is 16.9 Å². The number of ether oxygens (including phenoxy) is 2. The highest BCUT2D eigenvalue weighted by Crippen LogP contribution is 2.24. The minimum atomic E-state index is -0.492. The Labute approximate surface area is 131 Å². The van der Waals surface area contributed by atoms with Crippen LogP contribution >= 0.6 is 0 Å². The number of fused-ring (bicyclic) bond motifs is 1. The number of hydrogen-bond donors (Lipinski definition) is 1. The minimum Gasteiger partial charge on any atom is -0.497 e. The molecular formula is C17H14N2O4. The molecule has 23 heavy (non-hydrogen) atoms. The molecule has 0 saturated heterocycles. The second-order valence-electron chi connectivity index (χ2n) is 4.87. The smallest absolute Gasteiger partial charge is 0.338 e. The Balaban J connectivity index is 2.21. The molecule has 0 radical (unpaired) electrons. The van der Waals surface area contributed by atoms with Crippen LogP contribution in [0, 0.1) is 0 Å². The van der Waals surface area contributed by atoms with Gasteiger partial charge in [0.2, 0.25) is 0 Å². The van der Waals surface area contributed by atoms with Gasteiger partial charge in [-0.3, -0.25) is 4.79 Å². The quantitative estimate of drug-likeness (QED) is 0.751. The Bertz CT molecular complexity index is 947. The first-order chi connectivity index (χ1) is 11.1. The van der Waals surface area contributed by atoms with Crippen molar-refractivity contribution in [3.8, 4) is 17.1 Å². The van der Waals surface area contributed by atoms with Crippen LogP contribution in [0.2, 0.25) is 0 Å². The minimum absolute atomic E-state index is 0.243. The highest BCUT2D eigenvalue weighted by molar-refractivity contribution is 5.91. The SMILES string of the molecule is COC(=O)c1cc(OC)cc(-c2nc3ccccc3c(=O)[nH]2)c1. The fourth-order valence-electron chi connectivity index (χ4n) is 2.31. The van der Waals surface area contributed by atoms with Crippen molar-refractivity contribution in [1.82, 2.24) is 9.97 Å². The van der Waals surface area contributed by atoms with Gasteiger partial charge >= 0.3 is 5.97 Å². The van der Waals surface area contributed by atoms with E-state index in [0.717, 1.165) is 0 Å². The van der Waals surface area contributed by atoms with Gasteiger partial charge in [-0.1, -0.05) is 12.1 Å². The number of carbonyl (C=O) groups excluding carboxylic acids is 1. The fourth-order valence-corrected chi connectivity index (χ4v) is 2.31. The van der Waals surface area contributed by atoms with E-state index in [-0.39, 0.29) is 5.56 Å². The highest BCUT2D eigenvalue weighted by atomic mass is 16.5. The number of aromatic amines is 1. The molecule has 6 heteroatoms. The number of hydrogen-bond acceptors (Lipinski definition) is 5. The Morgan fingerprint density at radius 1 is 1.13 bits per heavy atom. The van der Waals surface area contributed by atoms with Gasteiger partial charge in [-0.15, -0.1) is 0 Å². The zero-order valence-corrected chi connectivity index (χ0v) is 12.6. The summed E-state index contributed by atoms with van der Waals surface area (Å²) >= 11 is 0. The van der Waals surface area contributed by atoms with Gasteiger partial charge in [0.05, 0.1) is 30.7 Å². The molecule has 0 amide bonds. The molecule has 1 N–H and O–H groups in total. The number of H-pyrrole nitrogens is 1. The predicted octanol–water partition coefficient (Wildman–Crippen LogP) is 2.39. The van der Waals surface area contributed by atoms with Gasteiger partial charge in [-0.05, 0) is 30.3 Å². The second kappa shape index (κ2) is 5.92. The van der Waals surface area contributed by atoms with Crippen LogP contribution in [0.25, 0.3) is 22.3 Å². The molecule has 0 aliphatic rings. The molecule has 0 aliphatic carbocycles. The van der Waals surface area contributed by atoms with Crippen molar-refractivity contribution in [2.45, 2.75) is 0 Å². The van der Waals surface area contributed by atoms with E-state index in [4.69, 9.17) is 9.47 Å². The predicted molar refractivity (Wildman–Crippen MR) is 85.7 cm³/mol. The van der Waals surface area contributed by atoms with E-state index in [1.807, 2.05) is 6.07 Å². The highest BCUT2D eigenvalue weighted by Gasteiger charge is 2.12. The number of nitrogens with one attached hydrogen (secondary N) is 1. The summed E-state index contributed by atoms with van der Waals surface area (Å²) in [6, 6.07) is 11.9. The first kappa shape index (κ1) is 14.8. The van der Waals surface area contributed by atoms with Gasteiger partial charge in [-0.25, -0.2) is 9.78 Å². The molecule has 0 saturated carbocycles. The standard InChI is InChI=1S/C17H14N2O4/c1-22-12-8-10(7-11(9-12)17(21)23-2)15-18-14-6-4-3-5-13(14)16(20)19-15/h3-9H,1-2H3,(H,18,19,20). The maximum absolute atomic E-state index is 12.2. The summed E-state index contributed by atoms with van der Waals surface area (Å²) in [7, 11) is 2.80. The fraction of sp³-hybridized carbons (Fsp3) is 0.118. The van der Waals surface area contributed by atoms with Gasteiger partial charge in [0, 0.05) is 5.56 Å². The van der Waals surface area contributed by atoms with Crippen molar-refractivity contribution in [3.05, 3.63) is 58.4 Å². The largest absolute Gasteiger partial charge is 0.497 e. The number of aromatic nitrogens is 2. The van der Waals surface area contributed by atoms with Crippen molar-refractivity contribution < 1.29 is 14.3 Å². The lowest BCUT2D eigenvalue weighted by atomic mass is 10.1. The Hall–Kier alpha value is -3.15. The molecule has 0 atom stereocenters. The van der Waals surface area contributed by atoms with Crippen LogP contribution in [0.3, 0.4) is 0 Å². The van der Waals surface area contributed by atoms with Crippen molar-refractivity contribution in [3.63, 3.8) is 0 Å². The molecule has 1 aromatic heterocycles. The van der Waals surface area contributed by atoms with E-state index in [1.54, 1.807) is 36.4 Å². The van der Waals surface area contributed by atoms with Crippen molar-refractivity contribution in [2.75, 3.05) is 14.2 Å². The molecule has 0 unspecified atom stereocenters. The van der Waals surface area contributed by atoms with Gasteiger partial charge in [0.15, 0.2) is 0 Å². The summed E-state index contributed by atoms with van der Waals surface area (Å²) < 4.78 is 9.94. The monoisotopic (exact) mass is 310 g/mol. The summed E-state index contributed by atoms with van der Waals surface area (Å²) in [5.74, 6) is 0.338. The van der Waals surface area contributed by atoms with Crippen LogP contribution in [0.15, 0.2) is 47.3 Å². The van der Waals surface area contributed by atoms with Crippen LogP contribution in [-0.2, 0) is 4.74 Å². The lowest BCUT2D eigenvalue weighted by molar-refractivity contribution is 0.0600. The average Bonchev–Trinajstić information content (AvgIpc) is 2.60. The second-order valence-corrected chi connectivity index (χ2v) is 4.87. The molecule has 3 rings (SSSR count). The normalized spacial score (nSPS) is 10.5. The van der Waals surface area contributed by atoms with Gasteiger partial charge < -0.3 is 14.5 Å². The van der Waals surface area contributed by atoms with E-state index in [2.05, 4.69) is 9.97 Å². The van der Waals surface area contributed by atoms with E-state index < -0.39 is 5.97 Å². The van der Waals surface area contributed by atoms with Gasteiger partial charge in [0.1, 0.15) is 11.6 Å². The first-order valence-electron chi connectivity index (χ1n) is 6.89. The third kappa shape index (κ3) is 2.78. The van der Waals surface area contributed by atoms with E-state index in [0.29, 0.717) is 33.6 Å². The van der Waals surface area contributed by atoms with E-state index >= 15 is 0 Å². The summed E-state index contributed by atoms with van der Waals surface area (Å²) in [5.41, 5.74) is 1.21. The number of nitrogens with zero attached hydrogens (tertiary/aromatic N) is 1. The number of rotatable bonds is 3. The summed E-state index contributed by atoms with van der Waals surface area (Å²) in [5, 5.41) is 0.507. The van der Waals surface area contributed by atoms with Crippen LogP contribution < -0.4 is 10.3 Å². The van der Waals surface area contributed by atoms with Crippen LogP contribution in [0.5, 0.6) is 5.75 Å². The summed E-state index contributed by atoms with van der Waals surface area (Å²) in [6.07, 6.45) is 0. The van der Waals surface area contributed by atoms with Crippen LogP contribution in [0.1, 0.15) is 10.4 Å². The van der Waals surface area contributed by atoms with Crippen molar-refractivity contribution in [2.24, 2.45) is 0 Å². The molecule has 0 fully saturated rings. The maximum atomic E-state index is 12.2. The maximum Gasteiger partial charge on any atom is 0.338 e. The molecule has 1 heterocycles. The lowest BCUT2D eigenvalue weighted by Crippen LogP contribution is -2.10. The van der Waals surface area contributed by atoms with Crippen molar-refractivity contribution in [1.29, 1.82) is 0 Å². The molecule has 3 aromatic rings. The molecule has 2 aromatic carbocycles. The average molecular weight is 310 g/mol. The number of benzene rings is 2. The number of esters is 1. The Morgan fingerprint density at radius 3 is 2.65 bits per heavy atom. The summed E-state index contributed by atoms with van der Waals surface area (Å²) in [6.45, 7) is 0. The number of carbonyl (C=O) groups is 1. The Kier molecular flexibility index (Phi) is 3.80. The topological polar surface area (TPSA) is 81.3 Å². The zero-order chi connectivity index (χ0) is 16.4. The molecule has 0 spiro atoms. The number of para-hydroxylation sites is 1. The molecule has 0 aliphatic heterocycles. The molecule has 116 valence electrons. The third-order valence-corrected chi connectivity index (χ3v) is 3.45. The molecular weight excluding hydrogens is 296 g/mol. The van der Waals surface area contributed by atoms with E-state index in [1.165, 1.54) is 14.2 Å². The third-order valence-electron chi connectivity index (χ3n) is 3.45. The summed E-state index contributed by atoms with van der Waals surface area (Å²) in [4.78, 5) is 31.1. The lowest BCUT2D eigenvalue weighted by Gasteiger charge is -2.08. The van der Waals surface area contributed by atoms with Gasteiger partial charge in [-0.2, -0.15) is 0 Å². The van der Waals surface area contributed by atoms with Gasteiger partial charge in [0.25, 0.3) is 5.56 Å². The van der Waals surface area contributed by atoms with Crippen LogP contribution in [0.4, 0.5) is 0 Å². The first-order valence-corrected chi connectivity index (χ1v) is 6.89. The Morgan fingerprint density at radius 2 is 1.91 bits per heavy atom. The zero-order valence-electron chi connectivity index (χ0n) is 12.6. The molecule has 0 bridgehead atoms. The van der Waals surface area contributed by atoms with E-state index in [9.17, 15) is 9.59 Å². The van der Waals surface area contributed by atoms with Crippen LogP contribution in [-0.4, -0.2) is 30.2 Å².